The molecule has 0 saturated carbocycles. The number of carbonyl (C=O) groups excluding carboxylic acids is 2. The van der Waals surface area contributed by atoms with Crippen molar-refractivity contribution in [2.75, 3.05) is 6.54 Å². The third kappa shape index (κ3) is 4.84. The maximum Gasteiger partial charge on any atom is 0.271 e. The average Bonchev–Trinajstić information content (AvgIpc) is 3.11. The minimum absolute atomic E-state index is 0.00521. The van der Waals surface area contributed by atoms with Crippen LogP contribution in [0.1, 0.15) is 32.6 Å². The number of aromatic hydroxyl groups is 1. The van der Waals surface area contributed by atoms with Crippen LogP contribution in [-0.2, 0) is 11.3 Å². The molecular weight excluding hydrogens is 501 g/mol. The molecule has 1 aliphatic rings. The number of amides is 1. The summed E-state index contributed by atoms with van der Waals surface area (Å²) in [5.41, 5.74) is -0.0790. The van der Waals surface area contributed by atoms with E-state index in [-0.39, 0.29) is 27.6 Å². The van der Waals surface area contributed by atoms with Crippen LogP contribution < -0.4 is 5.56 Å². The number of Topliss-reactive ketones (excluding diaryl/α,β-unsaturated/α-hetero) is 1. The van der Waals surface area contributed by atoms with Crippen LogP contribution in [0.3, 0.4) is 0 Å². The first-order valence-corrected chi connectivity index (χ1v) is 11.9. The van der Waals surface area contributed by atoms with Gasteiger partial charge in [0.05, 0.1) is 23.6 Å². The SMILES string of the molecule is Cc1c(C(=O)CN2C(=O)/C(=C/c3ccccc3)SC2=S)c(O)n(Cc2ccc(F)cc2)c(=O)c1C#N. The standard InChI is InChI=1S/C26H18FN3O4S2/c1-15-19(12-28)23(32)29(13-17-7-9-18(27)10-8-17)25(34)22(15)20(31)14-30-24(33)21(36-26(30)35)11-16-5-3-2-4-6-16/h2-11,34H,13-14H2,1H3/b21-11-. The van der Waals surface area contributed by atoms with Crippen molar-refractivity contribution in [3.8, 4) is 11.9 Å². The summed E-state index contributed by atoms with van der Waals surface area (Å²) in [5, 5.41) is 20.5. The van der Waals surface area contributed by atoms with Crippen molar-refractivity contribution < 1.29 is 19.1 Å². The fourth-order valence-electron chi connectivity index (χ4n) is 3.76. The molecule has 1 aromatic heterocycles. The van der Waals surface area contributed by atoms with Gasteiger partial charge in [-0.3, -0.25) is 23.9 Å². The first-order chi connectivity index (χ1) is 17.2. The van der Waals surface area contributed by atoms with Crippen LogP contribution in [0.4, 0.5) is 4.39 Å². The first-order valence-electron chi connectivity index (χ1n) is 10.7. The van der Waals surface area contributed by atoms with Gasteiger partial charge in [0.25, 0.3) is 11.5 Å². The summed E-state index contributed by atoms with van der Waals surface area (Å²) in [6, 6.07) is 16.2. The molecule has 0 unspecified atom stereocenters. The Labute approximate surface area is 215 Å². The number of carbonyl (C=O) groups is 2. The number of hydrogen-bond acceptors (Lipinski definition) is 7. The molecule has 1 fully saturated rings. The van der Waals surface area contributed by atoms with E-state index in [9.17, 15) is 29.1 Å². The van der Waals surface area contributed by atoms with E-state index in [2.05, 4.69) is 0 Å². The second kappa shape index (κ2) is 10.3. The van der Waals surface area contributed by atoms with E-state index >= 15 is 0 Å². The van der Waals surface area contributed by atoms with Crippen LogP contribution in [0.5, 0.6) is 5.88 Å². The van der Waals surface area contributed by atoms with Crippen LogP contribution in [0.25, 0.3) is 6.08 Å². The summed E-state index contributed by atoms with van der Waals surface area (Å²) in [5.74, 6) is -2.26. The molecule has 2 aromatic carbocycles. The first kappa shape index (κ1) is 25.0. The zero-order valence-electron chi connectivity index (χ0n) is 18.9. The highest BCUT2D eigenvalue weighted by molar-refractivity contribution is 8.26. The second-order valence-electron chi connectivity index (χ2n) is 7.93. The molecule has 1 aliphatic heterocycles. The predicted molar refractivity (Wildman–Crippen MR) is 138 cm³/mol. The quantitative estimate of drug-likeness (QED) is 0.298. The number of hydrogen-bond donors (Lipinski definition) is 1. The minimum atomic E-state index is -0.787. The highest BCUT2D eigenvalue weighted by Gasteiger charge is 2.35. The third-order valence-electron chi connectivity index (χ3n) is 5.61. The van der Waals surface area contributed by atoms with Gasteiger partial charge in [-0.25, -0.2) is 4.39 Å². The molecular formula is C26H18FN3O4S2. The number of benzene rings is 2. The van der Waals surface area contributed by atoms with Crippen molar-refractivity contribution in [3.05, 3.63) is 103 Å². The molecule has 2 heterocycles. The van der Waals surface area contributed by atoms with Crippen molar-refractivity contribution in [2.24, 2.45) is 0 Å². The Morgan fingerprint density at radius 3 is 2.47 bits per heavy atom. The Morgan fingerprint density at radius 2 is 1.83 bits per heavy atom. The zero-order valence-corrected chi connectivity index (χ0v) is 20.5. The highest BCUT2D eigenvalue weighted by atomic mass is 32.2. The average molecular weight is 520 g/mol. The lowest BCUT2D eigenvalue weighted by atomic mass is 10.0. The molecule has 1 N–H and O–H groups in total. The molecule has 180 valence electrons. The topological polar surface area (TPSA) is 103 Å². The Kier molecular flexibility index (Phi) is 7.15. The molecule has 0 radical (unpaired) electrons. The van der Waals surface area contributed by atoms with Gasteiger partial charge < -0.3 is 5.11 Å². The Morgan fingerprint density at radius 1 is 1.17 bits per heavy atom. The summed E-state index contributed by atoms with van der Waals surface area (Å²) in [4.78, 5) is 40.6. The maximum absolute atomic E-state index is 13.3. The van der Waals surface area contributed by atoms with Gasteiger partial charge in [0, 0.05) is 0 Å². The zero-order chi connectivity index (χ0) is 26.0. The van der Waals surface area contributed by atoms with Crippen LogP contribution in [0, 0.1) is 24.1 Å². The van der Waals surface area contributed by atoms with Crippen molar-refractivity contribution in [3.63, 3.8) is 0 Å². The van der Waals surface area contributed by atoms with Crippen molar-refractivity contribution in [1.29, 1.82) is 5.26 Å². The Bertz CT molecular complexity index is 1520. The predicted octanol–water partition coefficient (Wildman–Crippen LogP) is 4.01. The van der Waals surface area contributed by atoms with E-state index in [1.165, 1.54) is 31.2 Å². The molecule has 10 heteroatoms. The lowest BCUT2D eigenvalue weighted by molar-refractivity contribution is -0.121. The summed E-state index contributed by atoms with van der Waals surface area (Å²) in [6.07, 6.45) is 1.67. The largest absolute Gasteiger partial charge is 0.494 e. The lowest BCUT2D eigenvalue weighted by Crippen LogP contribution is -2.35. The van der Waals surface area contributed by atoms with E-state index in [1.54, 1.807) is 12.1 Å². The lowest BCUT2D eigenvalue weighted by Gasteiger charge is -2.18. The van der Waals surface area contributed by atoms with Gasteiger partial charge in [-0.15, -0.1) is 0 Å². The number of halogens is 1. The monoisotopic (exact) mass is 519 g/mol. The number of ketones is 1. The maximum atomic E-state index is 13.3. The number of nitriles is 1. The van der Waals surface area contributed by atoms with Gasteiger partial charge in [-0.1, -0.05) is 66.4 Å². The fourth-order valence-corrected chi connectivity index (χ4v) is 5.02. The number of aromatic nitrogens is 1. The van der Waals surface area contributed by atoms with E-state index in [1.807, 2.05) is 30.3 Å². The van der Waals surface area contributed by atoms with Gasteiger partial charge in [-0.05, 0) is 41.8 Å². The molecule has 7 nitrogen and oxygen atoms in total. The van der Waals surface area contributed by atoms with Gasteiger partial charge in [0.15, 0.2) is 5.78 Å². The normalized spacial score (nSPS) is 14.4. The Hall–Kier alpha value is -4.07. The summed E-state index contributed by atoms with van der Waals surface area (Å²) >= 11 is 6.37. The van der Waals surface area contributed by atoms with Crippen molar-refractivity contribution in [2.45, 2.75) is 13.5 Å². The highest BCUT2D eigenvalue weighted by Crippen LogP contribution is 2.33. The van der Waals surface area contributed by atoms with Crippen LogP contribution in [0.2, 0.25) is 0 Å². The summed E-state index contributed by atoms with van der Waals surface area (Å²) in [6.45, 7) is 0.709. The molecule has 36 heavy (non-hydrogen) atoms. The number of thioether (sulfide) groups is 1. The van der Waals surface area contributed by atoms with Crippen molar-refractivity contribution in [1.82, 2.24) is 9.47 Å². The molecule has 0 spiro atoms. The molecule has 0 aliphatic carbocycles. The third-order valence-corrected chi connectivity index (χ3v) is 6.98. The van der Waals surface area contributed by atoms with Crippen molar-refractivity contribution >= 4 is 46.1 Å². The minimum Gasteiger partial charge on any atom is -0.494 e. The van der Waals surface area contributed by atoms with E-state index < -0.39 is 35.5 Å². The molecule has 1 saturated heterocycles. The van der Waals surface area contributed by atoms with Gasteiger partial charge in [-0.2, -0.15) is 5.26 Å². The number of rotatable bonds is 6. The smallest absolute Gasteiger partial charge is 0.271 e. The number of pyridine rings is 1. The number of thiocarbonyl (C=S) groups is 1. The van der Waals surface area contributed by atoms with E-state index in [0.29, 0.717) is 10.5 Å². The van der Waals surface area contributed by atoms with Gasteiger partial charge in [0.2, 0.25) is 5.88 Å². The van der Waals surface area contributed by atoms with Gasteiger partial charge >= 0.3 is 0 Å². The molecule has 1 amide bonds. The van der Waals surface area contributed by atoms with Gasteiger partial charge in [0.1, 0.15) is 21.8 Å². The Balaban J connectivity index is 1.68. The summed E-state index contributed by atoms with van der Waals surface area (Å²) in [7, 11) is 0. The molecule has 3 aromatic rings. The van der Waals surface area contributed by atoms with E-state index in [0.717, 1.165) is 26.8 Å². The molecule has 4 rings (SSSR count). The second-order valence-corrected chi connectivity index (χ2v) is 9.61. The van der Waals surface area contributed by atoms with Crippen LogP contribution in [-0.4, -0.2) is 37.1 Å². The number of nitrogens with zero attached hydrogens (tertiary/aromatic N) is 3. The van der Waals surface area contributed by atoms with E-state index in [4.69, 9.17) is 12.2 Å². The summed E-state index contributed by atoms with van der Waals surface area (Å²) < 4.78 is 14.3. The molecule has 0 bridgehead atoms. The van der Waals surface area contributed by atoms with Crippen LogP contribution in [0.15, 0.2) is 64.3 Å². The molecule has 0 atom stereocenters. The van der Waals surface area contributed by atoms with Crippen LogP contribution >= 0.6 is 24.0 Å². The fraction of sp³-hybridized carbons (Fsp3) is 0.115.